The molecule has 3 aliphatic rings. The van der Waals surface area contributed by atoms with Gasteiger partial charge in [-0.05, 0) is 66.9 Å². The zero-order chi connectivity index (χ0) is 25.6. The van der Waals surface area contributed by atoms with Gasteiger partial charge in [-0.1, -0.05) is 38.8 Å². The van der Waals surface area contributed by atoms with Crippen LogP contribution in [0.15, 0.2) is 42.2 Å². The number of hydrogen-bond acceptors (Lipinski definition) is 3. The van der Waals surface area contributed by atoms with Gasteiger partial charge in [0.05, 0.1) is 12.5 Å². The number of carbonyl (C=O) groups is 2. The van der Waals surface area contributed by atoms with Crippen molar-refractivity contribution in [3.63, 3.8) is 0 Å². The number of methoxy groups -OCH3 is 1. The fraction of sp³-hybridized carbons (Fsp3) is 0.533. The molecule has 36 heavy (non-hydrogen) atoms. The molecular weight excluding hydrogens is 450 g/mol. The maximum Gasteiger partial charge on any atom is 0.251 e. The summed E-state index contributed by atoms with van der Waals surface area (Å²) in [6.07, 6.45) is 12.0. The predicted molar refractivity (Wildman–Crippen MR) is 143 cm³/mol. The summed E-state index contributed by atoms with van der Waals surface area (Å²) in [6.45, 7) is 5.16. The van der Waals surface area contributed by atoms with E-state index < -0.39 is 5.41 Å². The molecule has 4 atom stereocenters. The maximum atomic E-state index is 13.4. The second kappa shape index (κ2) is 9.45. The van der Waals surface area contributed by atoms with Crippen molar-refractivity contribution in [1.29, 1.82) is 0 Å². The SMILES string of the molecule is CCCC(CCC)c1c2n(c3cc(C(=O)NC)ccc13)CC1(C(=O)NC)CC1C1C=C(OC)C=CC21. The van der Waals surface area contributed by atoms with Crippen LogP contribution in [0.25, 0.3) is 10.9 Å². The van der Waals surface area contributed by atoms with Crippen molar-refractivity contribution in [2.45, 2.75) is 64.3 Å². The second-order valence-corrected chi connectivity index (χ2v) is 10.8. The molecule has 4 unspecified atom stereocenters. The molecule has 1 fully saturated rings. The van der Waals surface area contributed by atoms with Gasteiger partial charge < -0.3 is 19.9 Å². The molecule has 1 saturated carbocycles. The summed E-state index contributed by atoms with van der Waals surface area (Å²) >= 11 is 0. The van der Waals surface area contributed by atoms with Crippen LogP contribution in [0.5, 0.6) is 0 Å². The van der Waals surface area contributed by atoms with E-state index in [4.69, 9.17) is 4.74 Å². The quantitative estimate of drug-likeness (QED) is 0.532. The molecule has 0 bridgehead atoms. The summed E-state index contributed by atoms with van der Waals surface area (Å²) in [4.78, 5) is 26.0. The van der Waals surface area contributed by atoms with E-state index >= 15 is 0 Å². The van der Waals surface area contributed by atoms with Crippen LogP contribution in [0.2, 0.25) is 0 Å². The lowest BCUT2D eigenvalue weighted by Crippen LogP contribution is -2.34. The van der Waals surface area contributed by atoms with Gasteiger partial charge in [0, 0.05) is 48.7 Å². The molecular formula is C30H39N3O3. The zero-order valence-corrected chi connectivity index (χ0v) is 22.2. The van der Waals surface area contributed by atoms with Gasteiger partial charge in [0.15, 0.2) is 0 Å². The largest absolute Gasteiger partial charge is 0.497 e. The van der Waals surface area contributed by atoms with E-state index in [1.165, 1.54) is 16.6 Å². The van der Waals surface area contributed by atoms with Crippen LogP contribution < -0.4 is 10.6 Å². The van der Waals surface area contributed by atoms with Gasteiger partial charge >= 0.3 is 0 Å². The van der Waals surface area contributed by atoms with Crippen LogP contribution >= 0.6 is 0 Å². The van der Waals surface area contributed by atoms with Gasteiger partial charge in [-0.15, -0.1) is 0 Å². The molecule has 5 rings (SSSR count). The maximum absolute atomic E-state index is 13.4. The van der Waals surface area contributed by atoms with Crippen molar-refractivity contribution < 1.29 is 14.3 Å². The number of nitrogens with one attached hydrogen (secondary N) is 2. The lowest BCUT2D eigenvalue weighted by atomic mass is 9.77. The fourth-order valence-electron chi connectivity index (χ4n) is 7.11. The number of amides is 2. The molecule has 2 amide bonds. The molecule has 2 N–H and O–H groups in total. The number of fused-ring (bicyclic) bond motifs is 7. The van der Waals surface area contributed by atoms with Gasteiger partial charge in [0.25, 0.3) is 5.91 Å². The number of hydrogen-bond donors (Lipinski definition) is 2. The molecule has 1 aromatic heterocycles. The van der Waals surface area contributed by atoms with Gasteiger partial charge in [0.1, 0.15) is 5.76 Å². The van der Waals surface area contributed by atoms with E-state index in [0.29, 0.717) is 18.0 Å². The third-order valence-corrected chi connectivity index (χ3v) is 8.83. The summed E-state index contributed by atoms with van der Waals surface area (Å²) in [5.41, 5.74) is 4.03. The number of allylic oxidation sites excluding steroid dienone is 3. The first-order valence-electron chi connectivity index (χ1n) is 13.5. The monoisotopic (exact) mass is 489 g/mol. The lowest BCUT2D eigenvalue weighted by molar-refractivity contribution is -0.127. The summed E-state index contributed by atoms with van der Waals surface area (Å²) in [5.74, 6) is 1.98. The average Bonchev–Trinajstić information content (AvgIpc) is 3.57. The number of rotatable bonds is 8. The molecule has 6 heteroatoms. The Kier molecular flexibility index (Phi) is 6.48. The van der Waals surface area contributed by atoms with E-state index in [9.17, 15) is 9.59 Å². The third-order valence-electron chi connectivity index (χ3n) is 8.83. The van der Waals surface area contributed by atoms with Gasteiger partial charge in [-0.2, -0.15) is 0 Å². The van der Waals surface area contributed by atoms with Gasteiger partial charge in [-0.3, -0.25) is 9.59 Å². The third kappa shape index (κ3) is 3.68. The first-order chi connectivity index (χ1) is 17.4. The molecule has 2 aromatic rings. The van der Waals surface area contributed by atoms with Crippen molar-refractivity contribution >= 4 is 22.7 Å². The first-order valence-corrected chi connectivity index (χ1v) is 13.5. The standard InChI is InChI=1S/C30H39N3O3/c1-6-8-18(9-7-2)26-22-12-10-19(28(34)31-3)14-25(22)33-17-30(29(35)32-4)16-24(30)23-15-20(36-5)11-13-21(23)27(26)33/h10-15,18,21,23-24H,6-9,16-17H2,1-5H3,(H,31,34)(H,32,35). The number of carbonyl (C=O) groups excluding carboxylic acids is 2. The number of ether oxygens (including phenoxy) is 1. The Morgan fingerprint density at radius 1 is 1.17 bits per heavy atom. The highest BCUT2D eigenvalue weighted by Crippen LogP contribution is 2.65. The molecule has 0 spiro atoms. The minimum Gasteiger partial charge on any atom is -0.497 e. The van der Waals surface area contributed by atoms with Crippen molar-refractivity contribution in [3.05, 3.63) is 59.0 Å². The molecule has 1 aromatic carbocycles. The molecule has 0 saturated heterocycles. The van der Waals surface area contributed by atoms with Crippen LogP contribution in [0.4, 0.5) is 0 Å². The molecule has 6 nitrogen and oxygen atoms in total. The van der Waals surface area contributed by atoms with Gasteiger partial charge in [0.2, 0.25) is 5.91 Å². The Morgan fingerprint density at radius 3 is 2.56 bits per heavy atom. The summed E-state index contributed by atoms with van der Waals surface area (Å²) in [7, 11) is 5.13. The number of aromatic nitrogens is 1. The van der Waals surface area contributed by atoms with Crippen LogP contribution in [0.3, 0.4) is 0 Å². The number of nitrogens with zero attached hydrogens (tertiary/aromatic N) is 1. The van der Waals surface area contributed by atoms with Crippen LogP contribution in [0, 0.1) is 17.3 Å². The van der Waals surface area contributed by atoms with Crippen LogP contribution in [0.1, 0.15) is 79.4 Å². The Bertz CT molecular complexity index is 1250. The summed E-state index contributed by atoms with van der Waals surface area (Å²) < 4.78 is 8.05. The van der Waals surface area contributed by atoms with Crippen molar-refractivity contribution in [2.75, 3.05) is 21.2 Å². The summed E-state index contributed by atoms with van der Waals surface area (Å²) in [6, 6.07) is 6.13. The normalized spacial score (nSPS) is 25.9. The smallest absolute Gasteiger partial charge is 0.251 e. The highest BCUT2D eigenvalue weighted by molar-refractivity contribution is 5.99. The van der Waals surface area contributed by atoms with Gasteiger partial charge in [-0.25, -0.2) is 0 Å². The Labute approximate surface area is 214 Å². The Hall–Kier alpha value is -3.02. The fourth-order valence-corrected chi connectivity index (χ4v) is 7.11. The van der Waals surface area contributed by atoms with Crippen molar-refractivity contribution in [1.82, 2.24) is 15.2 Å². The molecule has 2 heterocycles. The minimum absolute atomic E-state index is 0.0882. The van der Waals surface area contributed by atoms with Crippen LogP contribution in [-0.4, -0.2) is 37.6 Å². The topological polar surface area (TPSA) is 72.4 Å². The van der Waals surface area contributed by atoms with E-state index in [1.54, 1.807) is 21.2 Å². The summed E-state index contributed by atoms with van der Waals surface area (Å²) in [5, 5.41) is 6.96. The van der Waals surface area contributed by atoms with E-state index in [-0.39, 0.29) is 29.6 Å². The predicted octanol–water partition coefficient (Wildman–Crippen LogP) is 5.25. The van der Waals surface area contributed by atoms with Crippen molar-refractivity contribution in [2.24, 2.45) is 17.3 Å². The van der Waals surface area contributed by atoms with E-state index in [0.717, 1.165) is 43.4 Å². The second-order valence-electron chi connectivity index (χ2n) is 10.8. The highest BCUT2D eigenvalue weighted by Gasteiger charge is 2.65. The molecule has 0 radical (unpaired) electrons. The van der Waals surface area contributed by atoms with E-state index in [2.05, 4.69) is 53.3 Å². The minimum atomic E-state index is -0.444. The van der Waals surface area contributed by atoms with E-state index in [1.807, 2.05) is 12.1 Å². The van der Waals surface area contributed by atoms with Crippen molar-refractivity contribution in [3.8, 4) is 0 Å². The molecule has 192 valence electrons. The van der Waals surface area contributed by atoms with Crippen LogP contribution in [-0.2, 0) is 16.1 Å². The molecule has 1 aliphatic heterocycles. The average molecular weight is 490 g/mol. The first kappa shape index (κ1) is 24.7. The Morgan fingerprint density at radius 2 is 1.92 bits per heavy atom. The molecule has 2 aliphatic carbocycles. The zero-order valence-electron chi connectivity index (χ0n) is 22.2. The highest BCUT2D eigenvalue weighted by atomic mass is 16.5. The lowest BCUT2D eigenvalue weighted by Gasteiger charge is -2.28. The number of benzene rings is 1. The Balaban J connectivity index is 1.81.